The van der Waals surface area contributed by atoms with E-state index < -0.39 is 11.9 Å². The van der Waals surface area contributed by atoms with Crippen LogP contribution in [0.4, 0.5) is 0 Å². The molecular weight excluding hydrogens is 224 g/mol. The zero-order valence-corrected chi connectivity index (χ0v) is 9.62. The van der Waals surface area contributed by atoms with E-state index in [1.54, 1.807) is 0 Å². The number of aliphatic carboxylic acids is 1. The van der Waals surface area contributed by atoms with Gasteiger partial charge in [0.2, 0.25) is 0 Å². The molecule has 1 rings (SSSR count). The van der Waals surface area contributed by atoms with Gasteiger partial charge in [-0.15, -0.1) is 0 Å². The number of amides is 1. The Hall–Kier alpha value is -2.11. The van der Waals surface area contributed by atoms with Gasteiger partial charge >= 0.3 is 5.97 Å². The van der Waals surface area contributed by atoms with Gasteiger partial charge in [0.1, 0.15) is 5.75 Å². The van der Waals surface area contributed by atoms with Gasteiger partial charge in [0, 0.05) is 19.8 Å². The molecule has 0 saturated heterocycles. The normalized spacial score (nSPS) is 11.9. The van der Waals surface area contributed by atoms with E-state index in [9.17, 15) is 14.7 Å². The molecule has 1 atom stereocenters. The average molecular weight is 238 g/mol. The van der Waals surface area contributed by atoms with Crippen LogP contribution in [-0.2, 0) is 4.79 Å². The lowest BCUT2D eigenvalue weighted by atomic mass is 10.1. The molecule has 17 heavy (non-hydrogen) atoms. The van der Waals surface area contributed by atoms with Crippen molar-refractivity contribution < 1.29 is 19.8 Å². The second-order valence-corrected chi connectivity index (χ2v) is 3.86. The Labute approximate surface area is 98.5 Å². The van der Waals surface area contributed by atoms with Gasteiger partial charge < -0.3 is 15.1 Å². The van der Waals surface area contributed by atoms with Crippen molar-refractivity contribution in [1.82, 2.24) is 9.88 Å². The van der Waals surface area contributed by atoms with E-state index in [0.717, 1.165) is 0 Å². The fourth-order valence-corrected chi connectivity index (χ4v) is 1.34. The van der Waals surface area contributed by atoms with Gasteiger partial charge in [0.05, 0.1) is 17.7 Å². The summed E-state index contributed by atoms with van der Waals surface area (Å²) in [5.41, 5.74) is 0.227. The summed E-state index contributed by atoms with van der Waals surface area (Å²) < 4.78 is 0. The standard InChI is InChI=1S/C11H14N2O4/c1-7(11(16)17)6-13(2)10(15)8-3-9(14)5-12-4-8/h3-5,7,14H,6H2,1-2H3,(H,16,17). The summed E-state index contributed by atoms with van der Waals surface area (Å²) in [4.78, 5) is 27.5. The molecule has 2 N–H and O–H groups in total. The number of carbonyl (C=O) groups is 2. The molecule has 6 heteroatoms. The van der Waals surface area contributed by atoms with Crippen LogP contribution in [0.15, 0.2) is 18.5 Å². The smallest absolute Gasteiger partial charge is 0.308 e. The predicted octanol–water partition coefficient (Wildman–Crippen LogP) is 0.580. The highest BCUT2D eigenvalue weighted by Crippen LogP contribution is 2.11. The third-order valence-electron chi connectivity index (χ3n) is 2.29. The molecule has 0 saturated carbocycles. The number of aromatic hydroxyl groups is 1. The molecule has 0 bridgehead atoms. The third kappa shape index (κ3) is 3.44. The van der Waals surface area contributed by atoms with Crippen LogP contribution in [0.2, 0.25) is 0 Å². The Morgan fingerprint density at radius 2 is 2.12 bits per heavy atom. The van der Waals surface area contributed by atoms with Gasteiger partial charge in [-0.05, 0) is 6.07 Å². The highest BCUT2D eigenvalue weighted by atomic mass is 16.4. The van der Waals surface area contributed by atoms with E-state index in [1.165, 1.54) is 37.3 Å². The molecule has 0 radical (unpaired) electrons. The highest BCUT2D eigenvalue weighted by Gasteiger charge is 2.18. The molecule has 1 heterocycles. The first-order valence-corrected chi connectivity index (χ1v) is 5.04. The number of aromatic nitrogens is 1. The first kappa shape index (κ1) is 13.0. The van der Waals surface area contributed by atoms with Crippen molar-refractivity contribution in [1.29, 1.82) is 0 Å². The number of carboxylic acid groups (broad SMARTS) is 1. The Morgan fingerprint density at radius 1 is 1.47 bits per heavy atom. The Bertz CT molecular complexity index is 433. The number of nitrogens with zero attached hydrogens (tertiary/aromatic N) is 2. The van der Waals surface area contributed by atoms with Crippen LogP contribution in [0.1, 0.15) is 17.3 Å². The van der Waals surface area contributed by atoms with Gasteiger partial charge in [0.15, 0.2) is 0 Å². The monoisotopic (exact) mass is 238 g/mol. The average Bonchev–Trinajstić information content (AvgIpc) is 2.27. The van der Waals surface area contributed by atoms with Crippen LogP contribution >= 0.6 is 0 Å². The first-order valence-electron chi connectivity index (χ1n) is 5.04. The summed E-state index contributed by atoms with van der Waals surface area (Å²) in [7, 11) is 1.51. The van der Waals surface area contributed by atoms with Crippen molar-refractivity contribution in [3.63, 3.8) is 0 Å². The molecule has 0 aromatic carbocycles. The molecule has 1 unspecified atom stereocenters. The lowest BCUT2D eigenvalue weighted by Crippen LogP contribution is -2.33. The van der Waals surface area contributed by atoms with Gasteiger partial charge in [-0.2, -0.15) is 0 Å². The minimum atomic E-state index is -0.960. The van der Waals surface area contributed by atoms with Crippen molar-refractivity contribution in [2.45, 2.75) is 6.92 Å². The Morgan fingerprint density at radius 3 is 2.65 bits per heavy atom. The van der Waals surface area contributed by atoms with E-state index in [1.807, 2.05) is 0 Å². The largest absolute Gasteiger partial charge is 0.506 e. The van der Waals surface area contributed by atoms with Crippen molar-refractivity contribution in [2.75, 3.05) is 13.6 Å². The van der Waals surface area contributed by atoms with Crippen LogP contribution < -0.4 is 0 Å². The maximum absolute atomic E-state index is 11.8. The zero-order valence-electron chi connectivity index (χ0n) is 9.62. The lowest BCUT2D eigenvalue weighted by Gasteiger charge is -2.19. The van der Waals surface area contributed by atoms with Crippen molar-refractivity contribution in [3.05, 3.63) is 24.0 Å². The Balaban J connectivity index is 2.73. The zero-order chi connectivity index (χ0) is 13.0. The molecule has 1 aromatic rings. The highest BCUT2D eigenvalue weighted by molar-refractivity contribution is 5.94. The summed E-state index contributed by atoms with van der Waals surface area (Å²) in [6.07, 6.45) is 2.54. The second-order valence-electron chi connectivity index (χ2n) is 3.86. The lowest BCUT2D eigenvalue weighted by molar-refractivity contribution is -0.141. The van der Waals surface area contributed by atoms with Crippen LogP contribution in [0, 0.1) is 5.92 Å². The van der Waals surface area contributed by atoms with E-state index in [0.29, 0.717) is 0 Å². The maximum atomic E-state index is 11.8. The summed E-state index contributed by atoms with van der Waals surface area (Å²) >= 11 is 0. The number of rotatable bonds is 4. The minimum absolute atomic E-state index is 0.101. The van der Waals surface area contributed by atoms with Gasteiger partial charge in [-0.1, -0.05) is 6.92 Å². The summed E-state index contributed by atoms with van der Waals surface area (Å²) in [6.45, 7) is 1.62. The minimum Gasteiger partial charge on any atom is -0.506 e. The van der Waals surface area contributed by atoms with E-state index in [4.69, 9.17) is 5.11 Å². The molecule has 0 fully saturated rings. The molecule has 0 aliphatic carbocycles. The molecule has 0 spiro atoms. The number of hydrogen-bond acceptors (Lipinski definition) is 4. The topological polar surface area (TPSA) is 90.7 Å². The molecule has 6 nitrogen and oxygen atoms in total. The van der Waals surface area contributed by atoms with Crippen LogP contribution in [0.5, 0.6) is 5.75 Å². The summed E-state index contributed by atoms with van der Waals surface area (Å²) in [5, 5.41) is 17.9. The van der Waals surface area contributed by atoms with Crippen molar-refractivity contribution >= 4 is 11.9 Å². The molecule has 0 aliphatic heterocycles. The Kier molecular flexibility index (Phi) is 4.03. The molecule has 1 amide bonds. The number of carbonyl (C=O) groups excluding carboxylic acids is 1. The second kappa shape index (κ2) is 5.29. The quantitative estimate of drug-likeness (QED) is 0.800. The first-order chi connectivity index (χ1) is 7.91. The maximum Gasteiger partial charge on any atom is 0.308 e. The van der Waals surface area contributed by atoms with Crippen molar-refractivity contribution in [3.8, 4) is 5.75 Å². The van der Waals surface area contributed by atoms with E-state index >= 15 is 0 Å². The fraction of sp³-hybridized carbons (Fsp3) is 0.364. The number of hydrogen-bond donors (Lipinski definition) is 2. The molecular formula is C11H14N2O4. The van der Waals surface area contributed by atoms with Crippen LogP contribution in [-0.4, -0.2) is 45.6 Å². The molecule has 92 valence electrons. The van der Waals surface area contributed by atoms with E-state index in [-0.39, 0.29) is 23.8 Å². The SMILES string of the molecule is CC(CN(C)C(=O)c1cncc(O)c1)C(=O)O. The van der Waals surface area contributed by atoms with Gasteiger partial charge in [0.25, 0.3) is 5.91 Å². The number of carboxylic acids is 1. The number of pyridine rings is 1. The summed E-state index contributed by atoms with van der Waals surface area (Å²) in [6, 6.07) is 1.29. The third-order valence-corrected chi connectivity index (χ3v) is 2.29. The van der Waals surface area contributed by atoms with E-state index in [2.05, 4.69) is 4.98 Å². The van der Waals surface area contributed by atoms with Crippen LogP contribution in [0.25, 0.3) is 0 Å². The van der Waals surface area contributed by atoms with Crippen molar-refractivity contribution in [2.24, 2.45) is 5.92 Å². The fourth-order valence-electron chi connectivity index (χ4n) is 1.34. The van der Waals surface area contributed by atoms with Gasteiger partial charge in [-0.25, -0.2) is 0 Å². The predicted molar refractivity (Wildman–Crippen MR) is 59.7 cm³/mol. The molecule has 0 aliphatic rings. The van der Waals surface area contributed by atoms with Gasteiger partial charge in [-0.3, -0.25) is 14.6 Å². The van der Waals surface area contributed by atoms with Crippen LogP contribution in [0.3, 0.4) is 0 Å². The molecule has 1 aromatic heterocycles. The summed E-state index contributed by atoms with van der Waals surface area (Å²) in [5.74, 6) is -2.08.